The number of nitrogens with zero attached hydrogens (tertiary/aromatic N) is 4. The van der Waals surface area contributed by atoms with Crippen molar-refractivity contribution < 1.29 is 0 Å². The molecule has 0 aromatic carbocycles. The van der Waals surface area contributed by atoms with Gasteiger partial charge in [0.15, 0.2) is 5.82 Å². The lowest BCUT2D eigenvalue weighted by Gasteiger charge is -2.28. The minimum Gasteiger partial charge on any atom is -0.352 e. The van der Waals surface area contributed by atoms with Crippen LogP contribution in [0.3, 0.4) is 0 Å². The molecule has 2 aromatic rings. The summed E-state index contributed by atoms with van der Waals surface area (Å²) in [6.45, 7) is 6.10. The van der Waals surface area contributed by atoms with Crippen molar-refractivity contribution in [1.82, 2.24) is 19.9 Å². The number of hydrogen-bond acceptors (Lipinski definition) is 4. The number of aromatic nitrogens is 3. The molecule has 2 aromatic heterocycles. The van der Waals surface area contributed by atoms with Crippen molar-refractivity contribution in [2.75, 3.05) is 31.1 Å². The van der Waals surface area contributed by atoms with Gasteiger partial charge in [-0.2, -0.15) is 0 Å². The number of nitrogens with one attached hydrogen (secondary N) is 1. The summed E-state index contributed by atoms with van der Waals surface area (Å²) in [5.41, 5.74) is 2.18. The number of imidazole rings is 1. The first-order valence-corrected chi connectivity index (χ1v) is 6.01. The Hall–Kier alpha value is -1.62. The predicted molar refractivity (Wildman–Crippen MR) is 68.3 cm³/mol. The van der Waals surface area contributed by atoms with Gasteiger partial charge in [-0.05, 0) is 13.0 Å². The summed E-state index contributed by atoms with van der Waals surface area (Å²) in [5, 5.41) is 3.36. The quantitative estimate of drug-likeness (QED) is 0.784. The molecule has 3 heterocycles. The highest BCUT2D eigenvalue weighted by Gasteiger charge is 2.17. The summed E-state index contributed by atoms with van der Waals surface area (Å²) < 4.78 is 2.12. The summed E-state index contributed by atoms with van der Waals surface area (Å²) in [5.74, 6) is 2.09. The van der Waals surface area contributed by atoms with Gasteiger partial charge in [-0.25, -0.2) is 9.97 Å². The lowest BCUT2D eigenvalue weighted by molar-refractivity contribution is 0.585. The van der Waals surface area contributed by atoms with E-state index in [-0.39, 0.29) is 0 Å². The Morgan fingerprint density at radius 1 is 1.29 bits per heavy atom. The molecule has 0 bridgehead atoms. The molecule has 1 N–H and O–H groups in total. The van der Waals surface area contributed by atoms with E-state index in [0.29, 0.717) is 0 Å². The zero-order valence-corrected chi connectivity index (χ0v) is 10.3. The zero-order chi connectivity index (χ0) is 11.8. The van der Waals surface area contributed by atoms with E-state index >= 15 is 0 Å². The van der Waals surface area contributed by atoms with Gasteiger partial charge in [-0.15, -0.1) is 0 Å². The van der Waals surface area contributed by atoms with Crippen LogP contribution in [0.1, 0.15) is 5.82 Å². The fraction of sp³-hybridized carbons (Fsp3) is 0.500. The van der Waals surface area contributed by atoms with Crippen molar-refractivity contribution in [1.29, 1.82) is 0 Å². The van der Waals surface area contributed by atoms with E-state index in [9.17, 15) is 0 Å². The SMILES string of the molecule is Cc1nc2ccnc(N3CCNCC3)c2n1C. The second-order valence-electron chi connectivity index (χ2n) is 4.46. The van der Waals surface area contributed by atoms with Crippen LogP contribution in [-0.2, 0) is 7.05 Å². The fourth-order valence-corrected chi connectivity index (χ4v) is 2.36. The maximum atomic E-state index is 4.55. The molecule has 1 fully saturated rings. The van der Waals surface area contributed by atoms with Crippen LogP contribution in [0, 0.1) is 6.92 Å². The van der Waals surface area contributed by atoms with Crippen molar-refractivity contribution in [3.63, 3.8) is 0 Å². The highest BCUT2D eigenvalue weighted by molar-refractivity contribution is 5.87. The predicted octanol–water partition coefficient (Wildman–Crippen LogP) is 0.686. The summed E-state index contributed by atoms with van der Waals surface area (Å²) in [7, 11) is 2.05. The molecule has 3 rings (SSSR count). The molecule has 5 heteroatoms. The Balaban J connectivity index is 2.14. The van der Waals surface area contributed by atoms with E-state index in [0.717, 1.165) is 48.9 Å². The van der Waals surface area contributed by atoms with E-state index in [4.69, 9.17) is 0 Å². The number of aryl methyl sites for hydroxylation is 2. The summed E-state index contributed by atoms with van der Waals surface area (Å²) in [4.78, 5) is 11.4. The van der Waals surface area contributed by atoms with Gasteiger partial charge in [0.2, 0.25) is 0 Å². The second kappa shape index (κ2) is 4.00. The van der Waals surface area contributed by atoms with Crippen LogP contribution in [0.25, 0.3) is 11.0 Å². The molecule has 0 unspecified atom stereocenters. The van der Waals surface area contributed by atoms with Crippen molar-refractivity contribution in [3.05, 3.63) is 18.1 Å². The molecular formula is C12H17N5. The molecular weight excluding hydrogens is 214 g/mol. The number of rotatable bonds is 1. The molecule has 0 atom stereocenters. The maximum absolute atomic E-state index is 4.55. The van der Waals surface area contributed by atoms with Gasteiger partial charge < -0.3 is 14.8 Å². The molecule has 0 radical (unpaired) electrons. The summed E-state index contributed by atoms with van der Waals surface area (Å²) >= 11 is 0. The van der Waals surface area contributed by atoms with Crippen LogP contribution in [0.2, 0.25) is 0 Å². The molecule has 90 valence electrons. The molecule has 1 saturated heterocycles. The monoisotopic (exact) mass is 231 g/mol. The van der Waals surface area contributed by atoms with Crippen LogP contribution >= 0.6 is 0 Å². The van der Waals surface area contributed by atoms with Crippen molar-refractivity contribution in [2.24, 2.45) is 7.05 Å². The van der Waals surface area contributed by atoms with Gasteiger partial charge >= 0.3 is 0 Å². The van der Waals surface area contributed by atoms with Crippen LogP contribution in [-0.4, -0.2) is 40.7 Å². The Kier molecular flexibility index (Phi) is 2.48. The van der Waals surface area contributed by atoms with Gasteiger partial charge in [0.05, 0.1) is 5.52 Å². The first-order valence-electron chi connectivity index (χ1n) is 6.01. The minimum atomic E-state index is 1.01. The normalized spacial score (nSPS) is 16.7. The topological polar surface area (TPSA) is 46.0 Å². The van der Waals surface area contributed by atoms with Crippen LogP contribution < -0.4 is 10.2 Å². The van der Waals surface area contributed by atoms with Crippen LogP contribution in [0.4, 0.5) is 5.82 Å². The van der Waals surface area contributed by atoms with E-state index < -0.39 is 0 Å². The van der Waals surface area contributed by atoms with Gasteiger partial charge in [0.1, 0.15) is 11.3 Å². The van der Waals surface area contributed by atoms with E-state index in [1.54, 1.807) is 0 Å². The standard InChI is InChI=1S/C12H17N5/c1-9-15-10-3-4-14-12(11(10)16(9)2)17-7-5-13-6-8-17/h3-4,13H,5-8H2,1-2H3. The Bertz CT molecular complexity index is 539. The zero-order valence-electron chi connectivity index (χ0n) is 10.3. The smallest absolute Gasteiger partial charge is 0.154 e. The number of fused-ring (bicyclic) bond motifs is 1. The third-order valence-corrected chi connectivity index (χ3v) is 3.40. The van der Waals surface area contributed by atoms with Gasteiger partial charge in [-0.1, -0.05) is 0 Å². The first kappa shape index (κ1) is 10.5. The van der Waals surface area contributed by atoms with Crippen LogP contribution in [0.15, 0.2) is 12.3 Å². The van der Waals surface area contributed by atoms with E-state index in [2.05, 4.69) is 31.8 Å². The Morgan fingerprint density at radius 2 is 2.06 bits per heavy atom. The maximum Gasteiger partial charge on any atom is 0.154 e. The van der Waals surface area contributed by atoms with Gasteiger partial charge in [0.25, 0.3) is 0 Å². The van der Waals surface area contributed by atoms with Crippen molar-refractivity contribution >= 4 is 16.9 Å². The molecule has 0 amide bonds. The molecule has 0 saturated carbocycles. The summed E-state index contributed by atoms with van der Waals surface area (Å²) in [6.07, 6.45) is 1.85. The number of anilines is 1. The number of hydrogen-bond donors (Lipinski definition) is 1. The fourth-order valence-electron chi connectivity index (χ4n) is 2.36. The molecule has 0 aliphatic carbocycles. The average molecular weight is 231 g/mol. The molecule has 17 heavy (non-hydrogen) atoms. The Morgan fingerprint density at radius 3 is 2.82 bits per heavy atom. The number of piperazine rings is 1. The van der Waals surface area contributed by atoms with Gasteiger partial charge in [0, 0.05) is 39.4 Å². The van der Waals surface area contributed by atoms with Crippen LogP contribution in [0.5, 0.6) is 0 Å². The highest BCUT2D eigenvalue weighted by atomic mass is 15.2. The molecule has 1 aliphatic heterocycles. The number of pyridine rings is 1. The van der Waals surface area contributed by atoms with Crippen molar-refractivity contribution in [2.45, 2.75) is 6.92 Å². The average Bonchev–Trinajstić information content (AvgIpc) is 2.66. The first-order chi connectivity index (χ1) is 8.27. The van der Waals surface area contributed by atoms with Gasteiger partial charge in [-0.3, -0.25) is 0 Å². The minimum absolute atomic E-state index is 1.01. The summed E-state index contributed by atoms with van der Waals surface area (Å²) in [6, 6.07) is 1.98. The van der Waals surface area contributed by atoms with E-state index in [1.807, 2.05) is 19.2 Å². The molecule has 5 nitrogen and oxygen atoms in total. The molecule has 1 aliphatic rings. The third kappa shape index (κ3) is 1.67. The lowest BCUT2D eigenvalue weighted by Crippen LogP contribution is -2.44. The largest absolute Gasteiger partial charge is 0.352 e. The third-order valence-electron chi connectivity index (χ3n) is 3.40. The second-order valence-corrected chi connectivity index (χ2v) is 4.46. The lowest BCUT2D eigenvalue weighted by atomic mass is 10.3. The molecule has 0 spiro atoms. The van der Waals surface area contributed by atoms with Crippen molar-refractivity contribution in [3.8, 4) is 0 Å². The highest BCUT2D eigenvalue weighted by Crippen LogP contribution is 2.24. The Labute approximate surface area is 100 Å². The van der Waals surface area contributed by atoms with E-state index in [1.165, 1.54) is 0 Å².